The fourth-order valence-corrected chi connectivity index (χ4v) is 4.28. The van der Waals surface area contributed by atoms with Gasteiger partial charge in [-0.2, -0.15) is 0 Å². The highest BCUT2D eigenvalue weighted by molar-refractivity contribution is 6.74. The molecule has 0 bridgehead atoms. The Bertz CT molecular complexity index is 618. The van der Waals surface area contributed by atoms with Crippen LogP contribution in [0.5, 0.6) is 0 Å². The van der Waals surface area contributed by atoms with E-state index < -0.39 is 8.32 Å². The van der Waals surface area contributed by atoms with Crippen LogP contribution in [0.15, 0.2) is 0 Å². The first kappa shape index (κ1) is 47.0. The summed E-state index contributed by atoms with van der Waals surface area (Å²) in [5, 5.41) is 0.216. The molecule has 0 rings (SSSR count). The van der Waals surface area contributed by atoms with Crippen LogP contribution < -0.4 is 0 Å². The fraction of sp³-hybridized carbons (Fsp3) is 1.00. The summed E-state index contributed by atoms with van der Waals surface area (Å²) in [7, 11) is -1.70. The molecule has 47 heavy (non-hydrogen) atoms. The lowest BCUT2D eigenvalue weighted by atomic mass is 10.2. The Balaban J connectivity index is 3.11. The third kappa shape index (κ3) is 35.6. The second kappa shape index (κ2) is 35.8. The first-order valence-electron chi connectivity index (χ1n) is 16.9. The zero-order chi connectivity index (χ0) is 34.6. The van der Waals surface area contributed by atoms with Crippen LogP contribution >= 0.6 is 11.6 Å². The van der Waals surface area contributed by atoms with Crippen molar-refractivity contribution in [2.24, 2.45) is 0 Å². The highest BCUT2D eigenvalue weighted by Crippen LogP contribution is 2.36. The fourth-order valence-electron chi connectivity index (χ4n) is 3.15. The van der Waals surface area contributed by atoms with Crippen molar-refractivity contribution in [1.82, 2.24) is 0 Å². The predicted molar refractivity (Wildman–Crippen MR) is 184 cm³/mol. The van der Waals surface area contributed by atoms with E-state index in [1.807, 2.05) is 0 Å². The first-order chi connectivity index (χ1) is 22.8. The van der Waals surface area contributed by atoms with Gasteiger partial charge in [0.05, 0.1) is 165 Å². The minimum atomic E-state index is -1.70. The van der Waals surface area contributed by atoms with E-state index in [1.165, 1.54) is 0 Å². The molecule has 0 fully saturated rings. The molecule has 0 unspecified atom stereocenters. The molecule has 0 heterocycles. The van der Waals surface area contributed by atoms with Gasteiger partial charge in [-0.1, -0.05) is 20.8 Å². The Kier molecular flexibility index (Phi) is 35.8. The Morgan fingerprint density at radius 3 is 0.660 bits per heavy atom. The average Bonchev–Trinajstić information content (AvgIpc) is 3.03. The normalized spacial score (nSPS) is 12.4. The largest absolute Gasteiger partial charge is 0.414 e. The van der Waals surface area contributed by atoms with Crippen molar-refractivity contribution in [1.29, 1.82) is 0 Å². The number of alkyl halides is 1. The van der Waals surface area contributed by atoms with Gasteiger partial charge in [-0.05, 0) is 18.1 Å². The molecule has 0 atom stereocenters. The molecule has 0 aliphatic rings. The third-order valence-corrected chi connectivity index (χ3v) is 11.5. The molecule has 13 nitrogen and oxygen atoms in total. The molecule has 0 aliphatic heterocycles. The van der Waals surface area contributed by atoms with Gasteiger partial charge in [0.2, 0.25) is 0 Å². The van der Waals surface area contributed by atoms with E-state index in [-0.39, 0.29) is 5.04 Å². The SMILES string of the molecule is CC(C)(C)[Si](C)(C)OCCOCCOCCOCCOCCOCCOCCOCCOCCOCCOCCOCCOCCCl. The number of rotatable bonds is 39. The van der Waals surface area contributed by atoms with Crippen molar-refractivity contribution < 1.29 is 61.3 Å². The van der Waals surface area contributed by atoms with Crippen molar-refractivity contribution in [3.05, 3.63) is 0 Å². The van der Waals surface area contributed by atoms with E-state index in [1.54, 1.807) is 0 Å². The van der Waals surface area contributed by atoms with Crippen molar-refractivity contribution >= 4 is 19.9 Å². The van der Waals surface area contributed by atoms with Crippen LogP contribution in [-0.2, 0) is 61.3 Å². The molecule has 0 spiro atoms. The van der Waals surface area contributed by atoms with Gasteiger partial charge in [-0.25, -0.2) is 0 Å². The second-order valence-electron chi connectivity index (χ2n) is 11.6. The minimum Gasteiger partial charge on any atom is -0.414 e. The Hall–Kier alpha value is -0.0131. The average molecular weight is 723 g/mol. The molecule has 284 valence electrons. The summed E-state index contributed by atoms with van der Waals surface area (Å²) in [5.74, 6) is 0.497. The molecule has 0 radical (unpaired) electrons. The third-order valence-electron chi connectivity index (χ3n) is 6.81. The van der Waals surface area contributed by atoms with Gasteiger partial charge < -0.3 is 61.3 Å². The molecule has 0 N–H and O–H groups in total. The lowest BCUT2D eigenvalue weighted by Crippen LogP contribution is -2.41. The molecule has 0 saturated carbocycles. The minimum absolute atomic E-state index is 0.216. The van der Waals surface area contributed by atoms with Gasteiger partial charge in [0, 0.05) is 5.88 Å². The molecule has 0 aromatic heterocycles. The maximum atomic E-state index is 6.08. The summed E-state index contributed by atoms with van der Waals surface area (Å²) in [6, 6.07) is 0. The summed E-state index contributed by atoms with van der Waals surface area (Å²) in [4.78, 5) is 0. The monoisotopic (exact) mass is 722 g/mol. The van der Waals surface area contributed by atoms with E-state index >= 15 is 0 Å². The van der Waals surface area contributed by atoms with Crippen LogP contribution in [0.3, 0.4) is 0 Å². The lowest BCUT2D eigenvalue weighted by Gasteiger charge is -2.36. The molecule has 0 aliphatic carbocycles. The standard InChI is InChI=1S/C32H67ClO13Si/c1-32(2,3)47(4,5)46-31-30-45-29-28-44-27-26-43-25-24-42-23-22-41-21-20-40-19-18-39-17-16-38-15-14-37-13-12-36-11-10-35-9-8-34-7-6-33/h6-31H2,1-5H3. The summed E-state index contributed by atoms with van der Waals surface area (Å²) in [6.45, 7) is 24.5. The van der Waals surface area contributed by atoms with Crippen molar-refractivity contribution in [2.45, 2.75) is 38.9 Å². The maximum Gasteiger partial charge on any atom is 0.192 e. The maximum absolute atomic E-state index is 6.08. The smallest absolute Gasteiger partial charge is 0.192 e. The first-order valence-corrected chi connectivity index (χ1v) is 20.4. The van der Waals surface area contributed by atoms with Crippen LogP contribution in [0.4, 0.5) is 0 Å². The molecular formula is C32H67ClO13Si. The molecule has 0 saturated heterocycles. The van der Waals surface area contributed by atoms with Gasteiger partial charge in [0.1, 0.15) is 0 Å². The van der Waals surface area contributed by atoms with Crippen molar-refractivity contribution in [2.75, 3.05) is 171 Å². The summed E-state index contributed by atoms with van der Waals surface area (Å²) >= 11 is 5.51. The lowest BCUT2D eigenvalue weighted by molar-refractivity contribution is -0.0284. The Labute approximate surface area is 290 Å². The van der Waals surface area contributed by atoms with E-state index in [0.29, 0.717) is 171 Å². The molecule has 15 heteroatoms. The van der Waals surface area contributed by atoms with Gasteiger partial charge in [-0.15, -0.1) is 11.6 Å². The van der Waals surface area contributed by atoms with E-state index in [2.05, 4.69) is 33.9 Å². The van der Waals surface area contributed by atoms with Crippen molar-refractivity contribution in [3.63, 3.8) is 0 Å². The second-order valence-corrected chi connectivity index (χ2v) is 16.8. The number of halogens is 1. The van der Waals surface area contributed by atoms with E-state index in [0.717, 1.165) is 0 Å². The van der Waals surface area contributed by atoms with E-state index in [4.69, 9.17) is 72.9 Å². The van der Waals surface area contributed by atoms with Crippen LogP contribution in [0.2, 0.25) is 18.1 Å². The van der Waals surface area contributed by atoms with Crippen LogP contribution in [0.25, 0.3) is 0 Å². The van der Waals surface area contributed by atoms with Gasteiger partial charge in [-0.3, -0.25) is 0 Å². The number of hydrogen-bond donors (Lipinski definition) is 0. The van der Waals surface area contributed by atoms with Crippen LogP contribution in [0.1, 0.15) is 20.8 Å². The van der Waals surface area contributed by atoms with Crippen LogP contribution in [-0.4, -0.2) is 179 Å². The highest BCUT2D eigenvalue weighted by Gasteiger charge is 2.36. The zero-order valence-electron chi connectivity index (χ0n) is 30.1. The molecule has 0 aromatic rings. The topological polar surface area (TPSA) is 120 Å². The van der Waals surface area contributed by atoms with Gasteiger partial charge >= 0.3 is 0 Å². The summed E-state index contributed by atoms with van der Waals surface area (Å²) in [5.41, 5.74) is 0. The molecule has 0 aromatic carbocycles. The number of ether oxygens (including phenoxy) is 12. The van der Waals surface area contributed by atoms with Crippen molar-refractivity contribution in [3.8, 4) is 0 Å². The Morgan fingerprint density at radius 1 is 0.319 bits per heavy atom. The molecular weight excluding hydrogens is 656 g/mol. The van der Waals surface area contributed by atoms with E-state index in [9.17, 15) is 0 Å². The number of hydrogen-bond acceptors (Lipinski definition) is 13. The quantitative estimate of drug-likeness (QED) is 0.0524. The molecule has 0 amide bonds. The summed E-state index contributed by atoms with van der Waals surface area (Å²) in [6.07, 6.45) is 0. The van der Waals surface area contributed by atoms with Gasteiger partial charge in [0.15, 0.2) is 8.32 Å². The van der Waals surface area contributed by atoms with Crippen LogP contribution in [0, 0.1) is 0 Å². The summed E-state index contributed by atoms with van der Waals surface area (Å²) < 4.78 is 71.6. The van der Waals surface area contributed by atoms with Gasteiger partial charge in [0.25, 0.3) is 0 Å². The highest BCUT2D eigenvalue weighted by atomic mass is 35.5. The Morgan fingerprint density at radius 2 is 0.489 bits per heavy atom. The predicted octanol–water partition coefficient (Wildman–Crippen LogP) is 3.45. The zero-order valence-corrected chi connectivity index (χ0v) is 31.8.